The lowest BCUT2D eigenvalue weighted by atomic mass is 9.68. The van der Waals surface area contributed by atoms with Crippen molar-refractivity contribution >= 4 is 17.8 Å². The van der Waals surface area contributed by atoms with E-state index in [1.807, 2.05) is 46.4 Å². The van der Waals surface area contributed by atoms with E-state index in [-0.39, 0.29) is 34.8 Å². The first-order chi connectivity index (χ1) is 14.0. The van der Waals surface area contributed by atoms with Gasteiger partial charge in [-0.15, -0.1) is 0 Å². The molecule has 0 radical (unpaired) electrons. The van der Waals surface area contributed by atoms with Gasteiger partial charge in [-0.25, -0.2) is 0 Å². The molecule has 3 unspecified atom stereocenters. The van der Waals surface area contributed by atoms with E-state index in [0.717, 1.165) is 19.4 Å². The summed E-state index contributed by atoms with van der Waals surface area (Å²) in [6.07, 6.45) is 3.71. The predicted molar refractivity (Wildman–Crippen MR) is 124 cm³/mol. The number of carbonyl (C=O) groups excluding carboxylic acids is 3. The minimum atomic E-state index is -0.868. The molecule has 1 heterocycles. The van der Waals surface area contributed by atoms with Crippen LogP contribution in [-0.4, -0.2) is 47.9 Å². The van der Waals surface area contributed by atoms with Crippen LogP contribution < -0.4 is 5.32 Å². The lowest BCUT2D eigenvalue weighted by Gasteiger charge is -2.41. The van der Waals surface area contributed by atoms with Gasteiger partial charge in [-0.1, -0.05) is 34.6 Å². The van der Waals surface area contributed by atoms with Crippen molar-refractivity contribution in [3.63, 3.8) is 0 Å². The summed E-state index contributed by atoms with van der Waals surface area (Å²) in [6, 6.07) is -0.0828. The molecule has 31 heavy (non-hydrogen) atoms. The molecule has 0 aliphatic carbocycles. The average molecular weight is 439 g/mol. The van der Waals surface area contributed by atoms with Gasteiger partial charge in [0, 0.05) is 30.0 Å². The lowest BCUT2D eigenvalue weighted by Crippen LogP contribution is -2.53. The monoisotopic (exact) mass is 438 g/mol. The van der Waals surface area contributed by atoms with Crippen molar-refractivity contribution in [3.05, 3.63) is 0 Å². The number of carbonyl (C=O) groups is 3. The molecule has 3 atom stereocenters. The topological polar surface area (TPSA) is 75.7 Å². The Morgan fingerprint density at radius 3 is 2.06 bits per heavy atom. The molecule has 0 spiro atoms. The maximum absolute atomic E-state index is 13.5. The molecule has 0 aromatic rings. The summed E-state index contributed by atoms with van der Waals surface area (Å²) in [5, 5.41) is 3.24. The third-order valence-electron chi connectivity index (χ3n) is 6.60. The first-order valence-corrected chi connectivity index (χ1v) is 11.7. The zero-order valence-electron chi connectivity index (χ0n) is 21.6. The van der Waals surface area contributed by atoms with Gasteiger partial charge in [-0.2, -0.15) is 0 Å². The largest absolute Gasteiger partial charge is 0.469 e. The molecule has 1 aliphatic rings. The first kappa shape index (κ1) is 27.4. The van der Waals surface area contributed by atoms with Gasteiger partial charge in [0.1, 0.15) is 0 Å². The Hall–Kier alpha value is -1.59. The molecule has 1 fully saturated rings. The highest BCUT2D eigenvalue weighted by Gasteiger charge is 2.47. The zero-order valence-corrected chi connectivity index (χ0v) is 21.6. The fraction of sp³-hybridized carbons (Fsp3) is 0.880. The molecule has 0 saturated carbocycles. The Kier molecular flexibility index (Phi) is 8.77. The molecule has 1 rings (SSSR count). The summed E-state index contributed by atoms with van der Waals surface area (Å²) >= 11 is 0. The van der Waals surface area contributed by atoms with E-state index in [9.17, 15) is 14.4 Å². The van der Waals surface area contributed by atoms with Gasteiger partial charge < -0.3 is 15.0 Å². The van der Waals surface area contributed by atoms with Crippen LogP contribution in [-0.2, 0) is 19.1 Å². The van der Waals surface area contributed by atoms with Crippen molar-refractivity contribution in [3.8, 4) is 0 Å². The Balaban J connectivity index is 3.09. The fourth-order valence-corrected chi connectivity index (χ4v) is 5.43. The van der Waals surface area contributed by atoms with Crippen LogP contribution in [0.1, 0.15) is 101 Å². The quantitative estimate of drug-likeness (QED) is 0.502. The Bertz CT molecular complexity index is 667. The van der Waals surface area contributed by atoms with Crippen molar-refractivity contribution in [2.24, 2.45) is 16.2 Å². The summed E-state index contributed by atoms with van der Waals surface area (Å²) in [5.41, 5.74) is -1.87. The highest BCUT2D eigenvalue weighted by atomic mass is 16.5. The molecule has 1 saturated heterocycles. The van der Waals surface area contributed by atoms with E-state index >= 15 is 0 Å². The number of nitrogens with zero attached hydrogens (tertiary/aromatic N) is 1. The fourth-order valence-electron chi connectivity index (χ4n) is 5.43. The summed E-state index contributed by atoms with van der Waals surface area (Å²) in [7, 11) is 1.39. The molecule has 1 aliphatic heterocycles. The maximum atomic E-state index is 13.5. The van der Waals surface area contributed by atoms with E-state index in [2.05, 4.69) is 26.1 Å². The van der Waals surface area contributed by atoms with Gasteiger partial charge in [-0.3, -0.25) is 14.4 Å². The highest BCUT2D eigenvalue weighted by Crippen LogP contribution is 2.42. The van der Waals surface area contributed by atoms with Gasteiger partial charge in [-0.05, 0) is 65.2 Å². The van der Waals surface area contributed by atoms with Crippen molar-refractivity contribution in [2.75, 3.05) is 13.7 Å². The minimum absolute atomic E-state index is 0.0377. The molecule has 0 aromatic heterocycles. The SMILES string of the molecule is CCC(C)(CC(C)(CC(C)N1CCCC1=O)C(=O)OC)C(=O)NC(C)(C)CC(C)(C)C. The molecule has 6 nitrogen and oxygen atoms in total. The van der Waals surface area contributed by atoms with E-state index < -0.39 is 10.8 Å². The van der Waals surface area contributed by atoms with Crippen molar-refractivity contribution in [1.82, 2.24) is 10.2 Å². The number of hydrogen-bond acceptors (Lipinski definition) is 4. The first-order valence-electron chi connectivity index (χ1n) is 11.7. The number of nitrogens with one attached hydrogen (secondary N) is 1. The van der Waals surface area contributed by atoms with Gasteiger partial charge >= 0.3 is 5.97 Å². The number of amides is 2. The maximum Gasteiger partial charge on any atom is 0.311 e. The molecule has 1 N–H and O–H groups in total. The van der Waals surface area contributed by atoms with Gasteiger partial charge in [0.25, 0.3) is 0 Å². The van der Waals surface area contributed by atoms with Crippen LogP contribution in [0.3, 0.4) is 0 Å². The second kappa shape index (κ2) is 9.91. The number of rotatable bonds is 10. The summed E-state index contributed by atoms with van der Waals surface area (Å²) in [5.74, 6) is -0.226. The number of hydrogen-bond donors (Lipinski definition) is 1. The number of methoxy groups -OCH3 is 1. The van der Waals surface area contributed by atoms with Crippen LogP contribution >= 0.6 is 0 Å². The van der Waals surface area contributed by atoms with Crippen LogP contribution in [0, 0.1) is 16.2 Å². The van der Waals surface area contributed by atoms with E-state index in [1.165, 1.54) is 7.11 Å². The Labute approximate surface area is 189 Å². The normalized spacial score (nSPS) is 20.1. The second-order valence-corrected chi connectivity index (χ2v) is 12.0. The van der Waals surface area contributed by atoms with Crippen molar-refractivity contribution in [1.29, 1.82) is 0 Å². The molecule has 0 aromatic carbocycles. The highest BCUT2D eigenvalue weighted by molar-refractivity contribution is 5.85. The average Bonchev–Trinajstić information content (AvgIpc) is 3.04. The van der Waals surface area contributed by atoms with Crippen LogP contribution in [0.5, 0.6) is 0 Å². The number of esters is 1. The number of ether oxygens (including phenoxy) is 1. The van der Waals surface area contributed by atoms with Crippen LogP contribution in [0.2, 0.25) is 0 Å². The standard InChI is InChI=1S/C25H46N2O4/c1-11-24(8,20(29)26-23(6,7)16-22(3,4)5)17-25(9,21(30)31-10)15-18(2)27-14-12-13-19(27)28/h18H,11-17H2,1-10H3,(H,26,29). The molecule has 2 amide bonds. The van der Waals surface area contributed by atoms with E-state index in [4.69, 9.17) is 4.74 Å². The predicted octanol–water partition coefficient (Wildman–Crippen LogP) is 4.70. The molecule has 180 valence electrons. The van der Waals surface area contributed by atoms with Crippen molar-refractivity contribution in [2.45, 2.75) is 112 Å². The van der Waals surface area contributed by atoms with Crippen molar-refractivity contribution < 1.29 is 19.1 Å². The Morgan fingerprint density at radius 1 is 1.06 bits per heavy atom. The summed E-state index contributed by atoms with van der Waals surface area (Å²) < 4.78 is 5.17. The van der Waals surface area contributed by atoms with Gasteiger partial charge in [0.2, 0.25) is 11.8 Å². The van der Waals surface area contributed by atoms with Crippen LogP contribution in [0.15, 0.2) is 0 Å². The van der Waals surface area contributed by atoms with Gasteiger partial charge in [0.05, 0.1) is 12.5 Å². The molecular weight excluding hydrogens is 392 g/mol. The van der Waals surface area contributed by atoms with Crippen LogP contribution in [0.4, 0.5) is 0 Å². The lowest BCUT2D eigenvalue weighted by molar-refractivity contribution is -0.157. The van der Waals surface area contributed by atoms with Gasteiger partial charge in [0.15, 0.2) is 0 Å². The molecule has 0 bridgehead atoms. The Morgan fingerprint density at radius 2 is 1.65 bits per heavy atom. The zero-order chi connectivity index (χ0) is 24.3. The van der Waals surface area contributed by atoms with E-state index in [0.29, 0.717) is 25.7 Å². The smallest absolute Gasteiger partial charge is 0.311 e. The third kappa shape index (κ3) is 7.50. The number of likely N-dealkylation sites (tertiary alicyclic amines) is 1. The summed E-state index contributed by atoms with van der Waals surface area (Å²) in [6.45, 7) is 19.1. The summed E-state index contributed by atoms with van der Waals surface area (Å²) in [4.78, 5) is 40.4. The molecular formula is C25H46N2O4. The molecule has 6 heteroatoms. The third-order valence-corrected chi connectivity index (χ3v) is 6.60. The minimum Gasteiger partial charge on any atom is -0.469 e. The van der Waals surface area contributed by atoms with Crippen LogP contribution in [0.25, 0.3) is 0 Å². The van der Waals surface area contributed by atoms with E-state index in [1.54, 1.807) is 0 Å². The second-order valence-electron chi connectivity index (χ2n) is 12.0.